The van der Waals surface area contributed by atoms with Crippen molar-refractivity contribution < 1.29 is 4.74 Å². The van der Waals surface area contributed by atoms with Crippen molar-refractivity contribution in [2.75, 3.05) is 19.0 Å². The molecule has 3 N–H and O–H groups in total. The van der Waals surface area contributed by atoms with Crippen LogP contribution in [0, 0.1) is 0 Å². The van der Waals surface area contributed by atoms with Crippen molar-refractivity contribution in [1.82, 2.24) is 10.2 Å². The molecule has 1 aromatic heterocycles. The summed E-state index contributed by atoms with van der Waals surface area (Å²) in [6.07, 6.45) is 2.37. The summed E-state index contributed by atoms with van der Waals surface area (Å²) in [7, 11) is 1.68. The number of hydrogen-bond donors (Lipinski definition) is 2. The number of aromatic nitrogens is 2. The fourth-order valence-corrected chi connectivity index (χ4v) is 1.99. The second-order valence-electron chi connectivity index (χ2n) is 4.18. The van der Waals surface area contributed by atoms with E-state index in [4.69, 9.17) is 22.7 Å². The van der Waals surface area contributed by atoms with Crippen LogP contribution in [-0.2, 0) is 11.2 Å². The molecule has 0 aliphatic carbocycles. The Kier molecular flexibility index (Phi) is 4.97. The Labute approximate surface area is 123 Å². The van der Waals surface area contributed by atoms with Gasteiger partial charge in [-0.2, -0.15) is 5.10 Å². The predicted molar refractivity (Wildman–Crippen MR) is 83.2 cm³/mol. The molecule has 0 radical (unpaired) electrons. The summed E-state index contributed by atoms with van der Waals surface area (Å²) < 4.78 is 5.12. The van der Waals surface area contributed by atoms with Crippen molar-refractivity contribution in [1.29, 1.82) is 0 Å². The Morgan fingerprint density at radius 1 is 1.35 bits per heavy atom. The molecule has 1 aromatic carbocycles. The Bertz CT molecular complexity index is 603. The third kappa shape index (κ3) is 3.49. The summed E-state index contributed by atoms with van der Waals surface area (Å²) >= 11 is 5.02. The molecule has 0 bridgehead atoms. The Hall–Kier alpha value is -2.05. The maximum Gasteiger partial charge on any atom is 0.163 e. The third-order valence-electron chi connectivity index (χ3n) is 2.83. The zero-order valence-corrected chi connectivity index (χ0v) is 12.0. The van der Waals surface area contributed by atoms with Gasteiger partial charge in [0.2, 0.25) is 0 Å². The largest absolute Gasteiger partial charge is 0.389 e. The second kappa shape index (κ2) is 6.93. The van der Waals surface area contributed by atoms with Crippen LogP contribution in [0.5, 0.6) is 0 Å². The number of thiocarbonyl (C=S) groups is 1. The van der Waals surface area contributed by atoms with Gasteiger partial charge in [-0.15, -0.1) is 5.10 Å². The zero-order valence-electron chi connectivity index (χ0n) is 11.2. The quantitative estimate of drug-likeness (QED) is 0.793. The first-order chi connectivity index (χ1) is 9.72. The van der Waals surface area contributed by atoms with Gasteiger partial charge >= 0.3 is 0 Å². The van der Waals surface area contributed by atoms with Gasteiger partial charge in [-0.3, -0.25) is 0 Å². The highest BCUT2D eigenvalue weighted by Gasteiger charge is 2.09. The molecule has 0 aliphatic heterocycles. The van der Waals surface area contributed by atoms with E-state index in [-0.39, 0.29) is 4.99 Å². The van der Waals surface area contributed by atoms with Crippen LogP contribution in [-0.4, -0.2) is 28.9 Å². The van der Waals surface area contributed by atoms with Crippen molar-refractivity contribution in [3.63, 3.8) is 0 Å². The van der Waals surface area contributed by atoms with Crippen LogP contribution in [0.15, 0.2) is 36.5 Å². The van der Waals surface area contributed by atoms with Crippen LogP contribution >= 0.6 is 12.2 Å². The van der Waals surface area contributed by atoms with E-state index in [1.807, 2.05) is 24.3 Å². The number of rotatable bonds is 6. The van der Waals surface area contributed by atoms with Crippen molar-refractivity contribution in [3.05, 3.63) is 47.7 Å². The summed E-state index contributed by atoms with van der Waals surface area (Å²) in [6, 6.07) is 9.70. The number of nitrogens with two attached hydrogens (primary N) is 1. The number of anilines is 2. The van der Waals surface area contributed by atoms with Gasteiger partial charge in [-0.05, 0) is 24.1 Å². The fourth-order valence-electron chi connectivity index (χ4n) is 1.82. The predicted octanol–water partition coefficient (Wildman–Crippen LogP) is 2.04. The van der Waals surface area contributed by atoms with Gasteiger partial charge in [-0.1, -0.05) is 30.4 Å². The van der Waals surface area contributed by atoms with Crippen LogP contribution < -0.4 is 11.1 Å². The van der Waals surface area contributed by atoms with Crippen LogP contribution in [0.25, 0.3) is 0 Å². The molecule has 6 heteroatoms. The van der Waals surface area contributed by atoms with E-state index in [2.05, 4.69) is 15.5 Å². The topological polar surface area (TPSA) is 73.1 Å². The summed E-state index contributed by atoms with van der Waals surface area (Å²) in [5, 5.41) is 11.2. The van der Waals surface area contributed by atoms with Gasteiger partial charge in [0.1, 0.15) is 4.99 Å². The van der Waals surface area contributed by atoms with E-state index in [9.17, 15) is 0 Å². The van der Waals surface area contributed by atoms with Crippen molar-refractivity contribution in [2.24, 2.45) is 5.73 Å². The fraction of sp³-hybridized carbons (Fsp3) is 0.214. The molecule has 1 heterocycles. The molecule has 0 aliphatic rings. The molecule has 0 amide bonds. The minimum atomic E-state index is 0.289. The normalized spacial score (nSPS) is 10.2. The number of hydrogen-bond acceptors (Lipinski definition) is 5. The molecule has 20 heavy (non-hydrogen) atoms. The highest BCUT2D eigenvalue weighted by atomic mass is 32.1. The maximum atomic E-state index is 5.69. The Balaban J connectivity index is 2.28. The lowest BCUT2D eigenvalue weighted by atomic mass is 10.1. The molecule has 2 rings (SSSR count). The molecule has 5 nitrogen and oxygen atoms in total. The number of nitrogens with one attached hydrogen (secondary N) is 1. The summed E-state index contributed by atoms with van der Waals surface area (Å²) in [4.78, 5) is 0.289. The molecule has 0 spiro atoms. The number of nitrogens with zero attached hydrogens (tertiary/aromatic N) is 2. The van der Waals surface area contributed by atoms with Gasteiger partial charge in [0.05, 0.1) is 18.4 Å². The molecule has 0 saturated carbocycles. The maximum absolute atomic E-state index is 5.69. The Morgan fingerprint density at radius 2 is 2.15 bits per heavy atom. The Morgan fingerprint density at radius 3 is 2.90 bits per heavy atom. The van der Waals surface area contributed by atoms with Crippen LogP contribution in [0.3, 0.4) is 0 Å². The van der Waals surface area contributed by atoms with Crippen molar-refractivity contribution in [2.45, 2.75) is 6.42 Å². The van der Waals surface area contributed by atoms with Crippen molar-refractivity contribution in [3.8, 4) is 0 Å². The minimum absolute atomic E-state index is 0.289. The summed E-state index contributed by atoms with van der Waals surface area (Å²) in [5.41, 5.74) is 8.45. The lowest BCUT2D eigenvalue weighted by molar-refractivity contribution is 0.202. The van der Waals surface area contributed by atoms with E-state index in [1.165, 1.54) is 0 Å². The number of ether oxygens (including phenoxy) is 1. The van der Waals surface area contributed by atoms with Gasteiger partial charge in [-0.25, -0.2) is 0 Å². The first kappa shape index (κ1) is 14.4. The average molecular weight is 288 g/mol. The standard InChI is InChI=1S/C14H16N4OS/c1-19-9-7-10-4-2-3-5-12(10)17-14-11(13(15)20)6-8-16-18-14/h2-6,8H,7,9H2,1H3,(H2,15,20)(H,17,18). The van der Waals surface area contributed by atoms with E-state index >= 15 is 0 Å². The lowest BCUT2D eigenvalue weighted by Crippen LogP contribution is -2.14. The van der Waals surface area contributed by atoms with E-state index < -0.39 is 0 Å². The van der Waals surface area contributed by atoms with Gasteiger partial charge in [0, 0.05) is 12.8 Å². The monoisotopic (exact) mass is 288 g/mol. The average Bonchev–Trinajstić information content (AvgIpc) is 2.47. The van der Waals surface area contributed by atoms with E-state index in [0.717, 1.165) is 17.7 Å². The SMILES string of the molecule is COCCc1ccccc1Nc1nnccc1C(N)=S. The first-order valence-electron chi connectivity index (χ1n) is 6.17. The first-order valence-corrected chi connectivity index (χ1v) is 6.58. The van der Waals surface area contributed by atoms with Crippen LogP contribution in [0.1, 0.15) is 11.1 Å². The summed E-state index contributed by atoms with van der Waals surface area (Å²) in [5.74, 6) is 0.560. The number of benzene rings is 1. The van der Waals surface area contributed by atoms with Crippen LogP contribution in [0.4, 0.5) is 11.5 Å². The van der Waals surface area contributed by atoms with Gasteiger partial charge < -0.3 is 15.8 Å². The number of para-hydroxylation sites is 1. The van der Waals surface area contributed by atoms with E-state index in [1.54, 1.807) is 19.4 Å². The van der Waals surface area contributed by atoms with Crippen LogP contribution in [0.2, 0.25) is 0 Å². The third-order valence-corrected chi connectivity index (χ3v) is 3.05. The highest BCUT2D eigenvalue weighted by Crippen LogP contribution is 2.22. The molecule has 0 atom stereocenters. The molecule has 2 aromatic rings. The van der Waals surface area contributed by atoms with Crippen molar-refractivity contribution >= 4 is 28.7 Å². The molecule has 0 fully saturated rings. The lowest BCUT2D eigenvalue weighted by Gasteiger charge is -2.13. The molecular formula is C14H16N4OS. The van der Waals surface area contributed by atoms with Gasteiger partial charge in [0.25, 0.3) is 0 Å². The molecule has 0 unspecified atom stereocenters. The molecule has 104 valence electrons. The second-order valence-corrected chi connectivity index (χ2v) is 4.62. The smallest absolute Gasteiger partial charge is 0.163 e. The van der Waals surface area contributed by atoms with E-state index in [0.29, 0.717) is 18.0 Å². The highest BCUT2D eigenvalue weighted by molar-refractivity contribution is 7.80. The van der Waals surface area contributed by atoms with Gasteiger partial charge in [0.15, 0.2) is 5.82 Å². The summed E-state index contributed by atoms with van der Waals surface area (Å²) in [6.45, 7) is 0.654. The zero-order chi connectivity index (χ0) is 14.4. The molecule has 0 saturated heterocycles. The number of methoxy groups -OCH3 is 1. The minimum Gasteiger partial charge on any atom is -0.389 e. The molecular weight excluding hydrogens is 272 g/mol.